The lowest BCUT2D eigenvalue weighted by Crippen LogP contribution is -2.47. The van der Waals surface area contributed by atoms with Gasteiger partial charge in [-0.1, -0.05) is 13.0 Å². The summed E-state index contributed by atoms with van der Waals surface area (Å²) in [4.78, 5) is 27.8. The van der Waals surface area contributed by atoms with E-state index in [0.29, 0.717) is 43.6 Å². The maximum atomic E-state index is 12.6. The van der Waals surface area contributed by atoms with Gasteiger partial charge in [0.05, 0.1) is 13.2 Å². The average molecular weight is 341 g/mol. The molecule has 0 radical (unpaired) electrons. The SMILES string of the molecule is CCc1cc(N[C@H](C)C(=O)N2CCOCC2)nc(-c2ccccn2)n1. The number of carbonyl (C=O) groups is 1. The van der Waals surface area contributed by atoms with E-state index in [1.54, 1.807) is 6.20 Å². The Labute approximate surface area is 147 Å². The molecule has 0 aromatic carbocycles. The van der Waals surface area contributed by atoms with Gasteiger partial charge in [-0.2, -0.15) is 0 Å². The number of hydrogen-bond acceptors (Lipinski definition) is 6. The summed E-state index contributed by atoms with van der Waals surface area (Å²) < 4.78 is 5.30. The molecule has 2 aromatic heterocycles. The molecule has 7 nitrogen and oxygen atoms in total. The van der Waals surface area contributed by atoms with Crippen LogP contribution in [-0.2, 0) is 16.0 Å². The molecule has 0 spiro atoms. The molecule has 1 aliphatic rings. The lowest BCUT2D eigenvalue weighted by Gasteiger charge is -2.29. The van der Waals surface area contributed by atoms with Gasteiger partial charge in [0.25, 0.3) is 0 Å². The Hall–Kier alpha value is -2.54. The van der Waals surface area contributed by atoms with Gasteiger partial charge in [0.2, 0.25) is 5.91 Å². The molecule has 1 fully saturated rings. The van der Waals surface area contributed by atoms with Crippen LogP contribution in [0.25, 0.3) is 11.5 Å². The fourth-order valence-corrected chi connectivity index (χ4v) is 2.70. The Bertz CT molecular complexity index is 717. The van der Waals surface area contributed by atoms with Crippen molar-refractivity contribution in [2.45, 2.75) is 26.3 Å². The fourth-order valence-electron chi connectivity index (χ4n) is 2.70. The zero-order valence-electron chi connectivity index (χ0n) is 14.6. The van der Waals surface area contributed by atoms with Gasteiger partial charge in [-0.25, -0.2) is 9.97 Å². The molecule has 1 N–H and O–H groups in total. The van der Waals surface area contributed by atoms with E-state index in [-0.39, 0.29) is 11.9 Å². The normalized spacial score (nSPS) is 15.7. The highest BCUT2D eigenvalue weighted by molar-refractivity contribution is 5.84. The molecule has 25 heavy (non-hydrogen) atoms. The molecule has 0 aliphatic carbocycles. The molecule has 1 amide bonds. The number of rotatable bonds is 5. The quantitative estimate of drug-likeness (QED) is 0.893. The number of anilines is 1. The largest absolute Gasteiger partial charge is 0.378 e. The minimum atomic E-state index is -0.366. The van der Waals surface area contributed by atoms with Gasteiger partial charge >= 0.3 is 0 Å². The standard InChI is InChI=1S/C18H23N5O2/c1-3-14-12-16(22-17(21-14)15-6-4-5-7-19-15)20-13(2)18(24)23-8-10-25-11-9-23/h4-7,12-13H,3,8-11H2,1-2H3,(H,20,21,22)/t13-/m1/s1. The third-order valence-corrected chi connectivity index (χ3v) is 4.09. The third-order valence-electron chi connectivity index (χ3n) is 4.09. The Morgan fingerprint density at radius 3 is 2.80 bits per heavy atom. The number of amides is 1. The van der Waals surface area contributed by atoms with Crippen molar-refractivity contribution in [1.82, 2.24) is 19.9 Å². The van der Waals surface area contributed by atoms with E-state index in [4.69, 9.17) is 4.74 Å². The molecule has 132 valence electrons. The number of morpholine rings is 1. The predicted octanol–water partition coefficient (Wildman–Crippen LogP) is 1.76. The molecular formula is C18H23N5O2. The summed E-state index contributed by atoms with van der Waals surface area (Å²) in [5.74, 6) is 1.26. The van der Waals surface area contributed by atoms with Crippen molar-refractivity contribution in [2.24, 2.45) is 0 Å². The maximum Gasteiger partial charge on any atom is 0.244 e. The lowest BCUT2D eigenvalue weighted by molar-refractivity contribution is -0.135. The molecule has 2 aromatic rings. The van der Waals surface area contributed by atoms with Crippen LogP contribution in [0.5, 0.6) is 0 Å². The minimum Gasteiger partial charge on any atom is -0.378 e. The van der Waals surface area contributed by atoms with E-state index < -0.39 is 0 Å². The van der Waals surface area contributed by atoms with Crippen LogP contribution in [0.4, 0.5) is 5.82 Å². The fraction of sp³-hybridized carbons (Fsp3) is 0.444. The zero-order valence-corrected chi connectivity index (χ0v) is 14.6. The summed E-state index contributed by atoms with van der Waals surface area (Å²) >= 11 is 0. The number of ether oxygens (including phenoxy) is 1. The van der Waals surface area contributed by atoms with Crippen LogP contribution in [0.3, 0.4) is 0 Å². The number of aromatic nitrogens is 3. The molecular weight excluding hydrogens is 318 g/mol. The first-order valence-electron chi connectivity index (χ1n) is 8.60. The number of nitrogens with one attached hydrogen (secondary N) is 1. The smallest absolute Gasteiger partial charge is 0.244 e. The number of carbonyl (C=O) groups excluding carboxylic acids is 1. The molecule has 1 atom stereocenters. The van der Waals surface area contributed by atoms with E-state index in [1.165, 1.54) is 0 Å². The summed E-state index contributed by atoms with van der Waals surface area (Å²) in [5.41, 5.74) is 1.62. The van der Waals surface area contributed by atoms with Gasteiger partial charge in [-0.15, -0.1) is 0 Å². The molecule has 7 heteroatoms. The van der Waals surface area contributed by atoms with Crippen LogP contribution in [0.15, 0.2) is 30.5 Å². The summed E-state index contributed by atoms with van der Waals surface area (Å²) in [7, 11) is 0. The topological polar surface area (TPSA) is 80.2 Å². The van der Waals surface area contributed by atoms with Crippen molar-refractivity contribution in [3.63, 3.8) is 0 Å². The summed E-state index contributed by atoms with van der Waals surface area (Å²) in [6.07, 6.45) is 2.50. The highest BCUT2D eigenvalue weighted by atomic mass is 16.5. The first kappa shape index (κ1) is 17.3. The zero-order chi connectivity index (χ0) is 17.6. The van der Waals surface area contributed by atoms with Crippen LogP contribution in [-0.4, -0.2) is 58.1 Å². The monoisotopic (exact) mass is 341 g/mol. The highest BCUT2D eigenvalue weighted by Gasteiger charge is 2.23. The number of pyridine rings is 1. The minimum absolute atomic E-state index is 0.0550. The van der Waals surface area contributed by atoms with E-state index in [9.17, 15) is 4.79 Å². The van der Waals surface area contributed by atoms with Gasteiger partial charge < -0.3 is 15.0 Å². The number of hydrogen-bond donors (Lipinski definition) is 1. The van der Waals surface area contributed by atoms with Crippen molar-refractivity contribution >= 4 is 11.7 Å². The molecule has 1 aliphatic heterocycles. The van der Waals surface area contributed by atoms with E-state index in [1.807, 2.05) is 43.0 Å². The van der Waals surface area contributed by atoms with Crippen molar-refractivity contribution in [1.29, 1.82) is 0 Å². The maximum absolute atomic E-state index is 12.6. The first-order chi connectivity index (χ1) is 12.2. The van der Waals surface area contributed by atoms with Gasteiger partial charge in [0.15, 0.2) is 5.82 Å². The van der Waals surface area contributed by atoms with Gasteiger partial charge in [0.1, 0.15) is 17.6 Å². The molecule has 0 saturated carbocycles. The van der Waals surface area contributed by atoms with Crippen LogP contribution in [0.1, 0.15) is 19.5 Å². The number of nitrogens with zero attached hydrogens (tertiary/aromatic N) is 4. The van der Waals surface area contributed by atoms with Gasteiger partial charge in [0, 0.05) is 31.0 Å². The first-order valence-corrected chi connectivity index (χ1v) is 8.60. The summed E-state index contributed by atoms with van der Waals surface area (Å²) in [6, 6.07) is 7.16. The number of aryl methyl sites for hydroxylation is 1. The molecule has 3 heterocycles. The van der Waals surface area contributed by atoms with Crippen molar-refractivity contribution < 1.29 is 9.53 Å². The predicted molar refractivity (Wildman–Crippen MR) is 95.1 cm³/mol. The van der Waals surface area contributed by atoms with Crippen molar-refractivity contribution in [3.05, 3.63) is 36.2 Å². The van der Waals surface area contributed by atoms with E-state index >= 15 is 0 Å². The van der Waals surface area contributed by atoms with Crippen molar-refractivity contribution in [2.75, 3.05) is 31.6 Å². The lowest BCUT2D eigenvalue weighted by atomic mass is 10.2. The third kappa shape index (κ3) is 4.30. The van der Waals surface area contributed by atoms with Crippen LogP contribution in [0, 0.1) is 0 Å². The molecule has 1 saturated heterocycles. The van der Waals surface area contributed by atoms with E-state index in [0.717, 1.165) is 12.1 Å². The highest BCUT2D eigenvalue weighted by Crippen LogP contribution is 2.17. The molecule has 3 rings (SSSR count). The Kier molecular flexibility index (Phi) is 5.55. The van der Waals surface area contributed by atoms with Crippen LogP contribution < -0.4 is 5.32 Å². The van der Waals surface area contributed by atoms with Crippen LogP contribution in [0.2, 0.25) is 0 Å². The second kappa shape index (κ2) is 8.02. The summed E-state index contributed by atoms with van der Waals surface area (Å²) in [6.45, 7) is 6.34. The molecule has 0 unspecified atom stereocenters. The van der Waals surface area contributed by atoms with Crippen molar-refractivity contribution in [3.8, 4) is 11.5 Å². The Balaban J connectivity index is 1.78. The van der Waals surface area contributed by atoms with Gasteiger partial charge in [-0.3, -0.25) is 9.78 Å². The molecule has 0 bridgehead atoms. The van der Waals surface area contributed by atoms with Gasteiger partial charge in [-0.05, 0) is 25.5 Å². The van der Waals surface area contributed by atoms with E-state index in [2.05, 4.69) is 20.3 Å². The second-order valence-corrected chi connectivity index (χ2v) is 5.94. The second-order valence-electron chi connectivity index (χ2n) is 5.94. The Morgan fingerprint density at radius 1 is 1.32 bits per heavy atom. The summed E-state index contributed by atoms with van der Waals surface area (Å²) in [5, 5.41) is 3.21. The Morgan fingerprint density at radius 2 is 2.12 bits per heavy atom. The van der Waals surface area contributed by atoms with Crippen LogP contribution >= 0.6 is 0 Å². The average Bonchev–Trinajstić information content (AvgIpc) is 2.68.